The maximum absolute atomic E-state index is 10.9. The van der Waals surface area contributed by atoms with Gasteiger partial charge < -0.3 is 5.32 Å². The minimum atomic E-state index is -0.110. The zero-order chi connectivity index (χ0) is 11.3. The van der Waals surface area contributed by atoms with Crippen LogP contribution in [0.25, 0.3) is 6.08 Å². The molecule has 3 heteroatoms. The van der Waals surface area contributed by atoms with Crippen molar-refractivity contribution >= 4 is 24.0 Å². The fourth-order valence-electron chi connectivity index (χ4n) is 1.20. The van der Waals surface area contributed by atoms with Gasteiger partial charge in [0.1, 0.15) is 0 Å². The monoisotopic (exact) mass is 202 g/mol. The molecule has 0 aromatic heterocycles. The van der Waals surface area contributed by atoms with Crippen LogP contribution in [0.2, 0.25) is 0 Å². The van der Waals surface area contributed by atoms with Gasteiger partial charge in [-0.2, -0.15) is 0 Å². The third-order valence-corrected chi connectivity index (χ3v) is 1.92. The summed E-state index contributed by atoms with van der Waals surface area (Å²) in [6.07, 6.45) is 4.60. The zero-order valence-electron chi connectivity index (χ0n) is 8.70. The van der Waals surface area contributed by atoms with Crippen molar-refractivity contribution in [2.45, 2.75) is 13.8 Å². The summed E-state index contributed by atoms with van der Waals surface area (Å²) in [4.78, 5) is 20.9. The molecule has 0 saturated heterocycles. The minimum Gasteiger partial charge on any atom is -0.326 e. The second-order valence-corrected chi connectivity index (χ2v) is 3.21. The number of rotatable bonds is 3. The number of nitrogens with one attached hydrogen (secondary N) is 1. The molecule has 3 nitrogen and oxygen atoms in total. The molecule has 0 fully saturated rings. The van der Waals surface area contributed by atoms with Crippen LogP contribution in [0.3, 0.4) is 0 Å². The highest BCUT2D eigenvalue weighted by atomic mass is 16.1. The van der Waals surface area contributed by atoms with Crippen LogP contribution in [-0.2, 0) is 9.59 Å². The van der Waals surface area contributed by atoms with Gasteiger partial charge in [-0.05, 0) is 30.2 Å². The second-order valence-electron chi connectivity index (χ2n) is 3.21. The van der Waals surface area contributed by atoms with Gasteiger partial charge >= 0.3 is 0 Å². The Morgan fingerprint density at radius 3 is 2.80 bits per heavy atom. The summed E-state index contributed by atoms with van der Waals surface area (Å²) in [6, 6.07) is 5.56. The Labute approximate surface area is 88.8 Å². The number of hydrogen-bond donors (Lipinski definition) is 1. The molecule has 1 aromatic rings. The number of benzene rings is 1. The molecule has 1 radical (unpaired) electrons. The first-order valence-corrected chi connectivity index (χ1v) is 4.56. The highest BCUT2D eigenvalue weighted by molar-refractivity contribution is 5.90. The molecule has 0 unspecified atom stereocenters. The zero-order valence-corrected chi connectivity index (χ0v) is 8.70. The summed E-state index contributed by atoms with van der Waals surface area (Å²) in [6.45, 7) is 3.37. The fourth-order valence-corrected chi connectivity index (χ4v) is 1.20. The first-order valence-electron chi connectivity index (χ1n) is 4.56. The van der Waals surface area contributed by atoms with Crippen LogP contribution in [-0.4, -0.2) is 12.2 Å². The van der Waals surface area contributed by atoms with E-state index in [9.17, 15) is 9.59 Å². The Hall–Kier alpha value is -1.90. The second kappa shape index (κ2) is 5.10. The highest BCUT2D eigenvalue weighted by Crippen LogP contribution is 2.17. The van der Waals surface area contributed by atoms with Gasteiger partial charge in [-0.25, -0.2) is 0 Å². The van der Waals surface area contributed by atoms with E-state index in [1.54, 1.807) is 12.4 Å². The maximum atomic E-state index is 10.9. The first-order chi connectivity index (χ1) is 7.13. The third kappa shape index (κ3) is 3.38. The summed E-state index contributed by atoms with van der Waals surface area (Å²) in [5, 5.41) is 2.72. The molecule has 0 saturated carbocycles. The van der Waals surface area contributed by atoms with Crippen LogP contribution >= 0.6 is 0 Å². The molecular formula is C12H12NO2. The maximum Gasteiger partial charge on any atom is 0.225 e. The van der Waals surface area contributed by atoms with Crippen LogP contribution in [0.4, 0.5) is 5.69 Å². The summed E-state index contributed by atoms with van der Waals surface area (Å²) >= 11 is 0. The van der Waals surface area contributed by atoms with Crippen molar-refractivity contribution < 1.29 is 9.59 Å². The SMILES string of the molecule is CC(=O)Nc1cc(/C=C/[C]=O)ccc1C. The van der Waals surface area contributed by atoms with E-state index in [0.717, 1.165) is 16.8 Å². The first kappa shape index (κ1) is 11.2. The van der Waals surface area contributed by atoms with E-state index in [-0.39, 0.29) is 5.91 Å². The van der Waals surface area contributed by atoms with Crippen LogP contribution in [0.1, 0.15) is 18.1 Å². The molecular weight excluding hydrogens is 190 g/mol. The highest BCUT2D eigenvalue weighted by Gasteiger charge is 2.00. The average molecular weight is 202 g/mol. The largest absolute Gasteiger partial charge is 0.326 e. The molecule has 0 aliphatic rings. The lowest BCUT2D eigenvalue weighted by Crippen LogP contribution is -2.07. The van der Waals surface area contributed by atoms with Crippen molar-refractivity contribution in [1.29, 1.82) is 0 Å². The Kier molecular flexibility index (Phi) is 3.80. The summed E-state index contributed by atoms with van der Waals surface area (Å²) in [7, 11) is 0. The minimum absolute atomic E-state index is 0.110. The van der Waals surface area contributed by atoms with Gasteiger partial charge in [0, 0.05) is 12.6 Å². The average Bonchev–Trinajstić information content (AvgIpc) is 2.18. The molecule has 1 rings (SSSR count). The molecule has 15 heavy (non-hydrogen) atoms. The van der Waals surface area contributed by atoms with Gasteiger partial charge in [-0.1, -0.05) is 18.2 Å². The van der Waals surface area contributed by atoms with Crippen LogP contribution < -0.4 is 5.32 Å². The Balaban J connectivity index is 2.99. The molecule has 77 valence electrons. The standard InChI is InChI=1S/C12H12NO2/c1-9-5-6-11(4-3-7-14)8-12(9)13-10(2)15/h3-6,8H,1-2H3,(H,13,15)/b4-3+. The fraction of sp³-hybridized carbons (Fsp3) is 0.167. The number of hydrogen-bond acceptors (Lipinski definition) is 2. The van der Waals surface area contributed by atoms with Crippen molar-refractivity contribution in [3.8, 4) is 0 Å². The molecule has 0 bridgehead atoms. The lowest BCUT2D eigenvalue weighted by Gasteiger charge is -2.06. The van der Waals surface area contributed by atoms with Gasteiger partial charge in [0.2, 0.25) is 12.2 Å². The predicted molar refractivity (Wildman–Crippen MR) is 60.2 cm³/mol. The molecule has 1 amide bonds. The molecule has 1 N–H and O–H groups in total. The third-order valence-electron chi connectivity index (χ3n) is 1.92. The molecule has 1 aromatic carbocycles. The lowest BCUT2D eigenvalue weighted by molar-refractivity contribution is -0.114. The van der Waals surface area contributed by atoms with Crippen LogP contribution in [0, 0.1) is 6.92 Å². The van der Waals surface area contributed by atoms with Crippen molar-refractivity contribution in [1.82, 2.24) is 0 Å². The molecule has 0 aliphatic carbocycles. The number of carbonyl (C=O) groups excluding carboxylic acids is 2. The van der Waals surface area contributed by atoms with Gasteiger partial charge in [0.25, 0.3) is 0 Å². The van der Waals surface area contributed by atoms with E-state index in [2.05, 4.69) is 5.32 Å². The van der Waals surface area contributed by atoms with Gasteiger partial charge in [-0.3, -0.25) is 9.59 Å². The number of carbonyl (C=O) groups is 1. The van der Waals surface area contributed by atoms with Crippen molar-refractivity contribution in [3.05, 3.63) is 35.4 Å². The number of amides is 1. The number of anilines is 1. The van der Waals surface area contributed by atoms with E-state index in [1.165, 1.54) is 13.0 Å². The van der Waals surface area contributed by atoms with Gasteiger partial charge in [0.05, 0.1) is 0 Å². The molecule has 0 heterocycles. The van der Waals surface area contributed by atoms with E-state index >= 15 is 0 Å². The van der Waals surface area contributed by atoms with Gasteiger partial charge in [-0.15, -0.1) is 0 Å². The van der Waals surface area contributed by atoms with Crippen molar-refractivity contribution in [2.24, 2.45) is 0 Å². The normalized spacial score (nSPS) is 10.3. The molecule has 0 aliphatic heterocycles. The Morgan fingerprint density at radius 2 is 2.20 bits per heavy atom. The molecule has 0 spiro atoms. The van der Waals surface area contributed by atoms with E-state index < -0.39 is 0 Å². The Morgan fingerprint density at radius 1 is 1.47 bits per heavy atom. The summed E-state index contributed by atoms with van der Waals surface area (Å²) in [5.74, 6) is -0.110. The smallest absolute Gasteiger partial charge is 0.225 e. The van der Waals surface area contributed by atoms with Crippen LogP contribution in [0.5, 0.6) is 0 Å². The topological polar surface area (TPSA) is 46.2 Å². The Bertz CT molecular complexity index is 408. The van der Waals surface area contributed by atoms with E-state index in [0.29, 0.717) is 0 Å². The van der Waals surface area contributed by atoms with Crippen LogP contribution in [0.15, 0.2) is 24.3 Å². The molecule has 0 atom stereocenters. The van der Waals surface area contributed by atoms with Crippen molar-refractivity contribution in [3.63, 3.8) is 0 Å². The number of aryl methyl sites for hydroxylation is 1. The quantitative estimate of drug-likeness (QED) is 0.763. The predicted octanol–water partition coefficient (Wildman–Crippen LogP) is 2.08. The summed E-state index contributed by atoms with van der Waals surface area (Å²) < 4.78 is 0. The van der Waals surface area contributed by atoms with E-state index in [1.807, 2.05) is 25.1 Å². The van der Waals surface area contributed by atoms with Gasteiger partial charge in [0.15, 0.2) is 0 Å². The van der Waals surface area contributed by atoms with E-state index in [4.69, 9.17) is 0 Å². The number of allylic oxidation sites excluding steroid dienone is 1. The summed E-state index contributed by atoms with van der Waals surface area (Å²) in [5.41, 5.74) is 2.60. The van der Waals surface area contributed by atoms with Crippen molar-refractivity contribution in [2.75, 3.05) is 5.32 Å². The lowest BCUT2D eigenvalue weighted by atomic mass is 10.1.